The molecule has 4 N–H and O–H groups in total. The van der Waals surface area contributed by atoms with Crippen LogP contribution in [0.4, 0.5) is 0 Å². The average molecular weight is 353 g/mol. The molecule has 1 fully saturated rings. The Morgan fingerprint density at radius 2 is 1.62 bits per heavy atom. The number of rotatable bonds is 8. The van der Waals surface area contributed by atoms with Crippen molar-refractivity contribution >= 4 is 21.8 Å². The van der Waals surface area contributed by atoms with E-state index in [1.54, 1.807) is 12.1 Å². The minimum Gasteiger partial charge on any atom is -0.356 e. The first-order valence-electron chi connectivity index (χ1n) is 8.00. The smallest absolute Gasteiger partial charge is 0.238 e. The van der Waals surface area contributed by atoms with Crippen molar-refractivity contribution in [2.45, 2.75) is 31.1 Å². The minimum atomic E-state index is -3.69. The molecule has 132 valence electrons. The van der Waals surface area contributed by atoms with Gasteiger partial charge in [0.05, 0.1) is 16.7 Å². The van der Waals surface area contributed by atoms with Gasteiger partial charge in [-0.1, -0.05) is 19.1 Å². The normalized spacial score (nSPS) is 19.6. The molecule has 0 spiro atoms. The van der Waals surface area contributed by atoms with Crippen LogP contribution in [0.15, 0.2) is 29.2 Å². The van der Waals surface area contributed by atoms with Gasteiger partial charge in [0, 0.05) is 13.1 Å². The molecule has 1 aromatic carbocycles. The van der Waals surface area contributed by atoms with E-state index < -0.39 is 10.0 Å². The highest BCUT2D eigenvalue weighted by atomic mass is 32.2. The molecule has 0 aromatic heterocycles. The van der Waals surface area contributed by atoms with Crippen molar-refractivity contribution in [2.75, 3.05) is 13.1 Å². The van der Waals surface area contributed by atoms with Crippen molar-refractivity contribution in [3.05, 3.63) is 29.8 Å². The Labute approximate surface area is 142 Å². The lowest BCUT2D eigenvalue weighted by Gasteiger charge is -2.06. The molecular weight excluding hydrogens is 330 g/mol. The summed E-state index contributed by atoms with van der Waals surface area (Å²) in [6.45, 7) is 3.05. The van der Waals surface area contributed by atoms with Crippen molar-refractivity contribution in [2.24, 2.45) is 17.0 Å². The molecule has 0 heterocycles. The zero-order valence-electron chi connectivity index (χ0n) is 13.6. The minimum absolute atomic E-state index is 0.0458. The highest BCUT2D eigenvalue weighted by molar-refractivity contribution is 7.89. The van der Waals surface area contributed by atoms with E-state index >= 15 is 0 Å². The fraction of sp³-hybridized carbons (Fsp3) is 0.500. The Balaban J connectivity index is 1.73. The van der Waals surface area contributed by atoms with Crippen molar-refractivity contribution < 1.29 is 18.0 Å². The Hall–Kier alpha value is -1.93. The van der Waals surface area contributed by atoms with Gasteiger partial charge in [0.2, 0.25) is 21.8 Å². The molecule has 8 heteroatoms. The number of amides is 2. The van der Waals surface area contributed by atoms with Gasteiger partial charge in [-0.05, 0) is 37.0 Å². The van der Waals surface area contributed by atoms with Crippen LogP contribution >= 0.6 is 0 Å². The molecular formula is C16H23N3O4S. The molecule has 0 radical (unpaired) electrons. The monoisotopic (exact) mass is 353 g/mol. The van der Waals surface area contributed by atoms with E-state index in [-0.39, 0.29) is 28.5 Å². The van der Waals surface area contributed by atoms with Crippen LogP contribution < -0.4 is 15.8 Å². The molecule has 1 aromatic rings. The predicted molar refractivity (Wildman–Crippen MR) is 89.4 cm³/mol. The summed E-state index contributed by atoms with van der Waals surface area (Å²) in [4.78, 5) is 23.8. The van der Waals surface area contributed by atoms with Gasteiger partial charge in [-0.3, -0.25) is 9.59 Å². The SMILES string of the molecule is CCCNC(=O)C1CC1C(=O)NCCc1ccc(S(N)(=O)=O)cc1. The number of carbonyl (C=O) groups is 2. The summed E-state index contributed by atoms with van der Waals surface area (Å²) >= 11 is 0. The van der Waals surface area contributed by atoms with E-state index in [4.69, 9.17) is 5.14 Å². The molecule has 2 amide bonds. The molecule has 2 atom stereocenters. The van der Waals surface area contributed by atoms with Crippen molar-refractivity contribution in [3.63, 3.8) is 0 Å². The third-order valence-electron chi connectivity index (χ3n) is 3.98. The van der Waals surface area contributed by atoms with Crippen LogP contribution in [0.1, 0.15) is 25.3 Å². The Bertz CT molecular complexity index is 701. The third kappa shape index (κ3) is 5.04. The average Bonchev–Trinajstić information content (AvgIpc) is 3.33. The topological polar surface area (TPSA) is 118 Å². The summed E-state index contributed by atoms with van der Waals surface area (Å²) in [5.74, 6) is -0.583. The molecule has 1 aliphatic rings. The predicted octanol–water partition coefficient (Wildman–Crippen LogP) is 0.155. The first kappa shape index (κ1) is 18.4. The maximum Gasteiger partial charge on any atom is 0.238 e. The number of carbonyl (C=O) groups excluding carboxylic acids is 2. The van der Waals surface area contributed by atoms with Gasteiger partial charge in [0.25, 0.3) is 0 Å². The molecule has 1 saturated carbocycles. The quantitative estimate of drug-likeness (QED) is 0.616. The summed E-state index contributed by atoms with van der Waals surface area (Å²) < 4.78 is 22.3. The molecule has 2 rings (SSSR count). The Morgan fingerprint density at radius 3 is 2.12 bits per heavy atom. The number of hydrogen-bond acceptors (Lipinski definition) is 4. The standard InChI is InChI=1S/C16H23N3O4S/c1-2-8-18-15(20)13-10-14(13)16(21)19-9-7-11-3-5-12(6-4-11)24(17,22)23/h3-6,13-14H,2,7-10H2,1H3,(H,18,20)(H,19,21)(H2,17,22,23). The molecule has 0 bridgehead atoms. The van der Waals surface area contributed by atoms with Gasteiger partial charge < -0.3 is 10.6 Å². The van der Waals surface area contributed by atoms with E-state index in [9.17, 15) is 18.0 Å². The number of benzene rings is 1. The molecule has 7 nitrogen and oxygen atoms in total. The third-order valence-corrected chi connectivity index (χ3v) is 4.91. The van der Waals surface area contributed by atoms with Crippen LogP contribution in [-0.2, 0) is 26.0 Å². The van der Waals surface area contributed by atoms with Crippen LogP contribution in [0.25, 0.3) is 0 Å². The first-order chi connectivity index (χ1) is 11.3. The number of nitrogens with one attached hydrogen (secondary N) is 2. The lowest BCUT2D eigenvalue weighted by molar-refractivity contribution is -0.127. The van der Waals surface area contributed by atoms with Crippen LogP contribution in [0, 0.1) is 11.8 Å². The molecule has 0 aliphatic heterocycles. The van der Waals surface area contributed by atoms with Crippen LogP contribution in [-0.4, -0.2) is 33.3 Å². The first-order valence-corrected chi connectivity index (χ1v) is 9.54. The van der Waals surface area contributed by atoms with Crippen molar-refractivity contribution in [1.29, 1.82) is 0 Å². The van der Waals surface area contributed by atoms with Crippen molar-refractivity contribution in [3.8, 4) is 0 Å². The largest absolute Gasteiger partial charge is 0.356 e. The summed E-state index contributed by atoms with van der Waals surface area (Å²) in [6.07, 6.45) is 2.06. The highest BCUT2D eigenvalue weighted by Gasteiger charge is 2.47. The van der Waals surface area contributed by atoms with Gasteiger partial charge in [-0.25, -0.2) is 13.6 Å². The van der Waals surface area contributed by atoms with E-state index in [1.165, 1.54) is 12.1 Å². The number of nitrogens with two attached hydrogens (primary N) is 1. The lowest BCUT2D eigenvalue weighted by atomic mass is 10.1. The van der Waals surface area contributed by atoms with Gasteiger partial charge in [0.15, 0.2) is 0 Å². The zero-order chi connectivity index (χ0) is 17.7. The number of sulfonamides is 1. The fourth-order valence-corrected chi connectivity index (χ4v) is 2.98. The summed E-state index contributed by atoms with van der Waals surface area (Å²) in [6, 6.07) is 6.23. The zero-order valence-corrected chi connectivity index (χ0v) is 14.4. The summed E-state index contributed by atoms with van der Waals surface area (Å²) in [5.41, 5.74) is 0.899. The molecule has 24 heavy (non-hydrogen) atoms. The second-order valence-electron chi connectivity index (χ2n) is 5.97. The Morgan fingerprint density at radius 1 is 1.08 bits per heavy atom. The second kappa shape index (κ2) is 7.76. The number of hydrogen-bond donors (Lipinski definition) is 3. The van der Waals surface area contributed by atoms with Crippen LogP contribution in [0.3, 0.4) is 0 Å². The van der Waals surface area contributed by atoms with Gasteiger partial charge in [-0.15, -0.1) is 0 Å². The van der Waals surface area contributed by atoms with E-state index in [0.717, 1.165) is 12.0 Å². The fourth-order valence-electron chi connectivity index (χ4n) is 2.46. The molecule has 0 saturated heterocycles. The summed E-state index contributed by atoms with van der Waals surface area (Å²) in [7, 11) is -3.69. The highest BCUT2D eigenvalue weighted by Crippen LogP contribution is 2.38. The van der Waals surface area contributed by atoms with Gasteiger partial charge in [-0.2, -0.15) is 0 Å². The number of primary sulfonamides is 1. The second-order valence-corrected chi connectivity index (χ2v) is 7.53. The maximum absolute atomic E-state index is 12.0. The van der Waals surface area contributed by atoms with E-state index in [1.807, 2.05) is 6.92 Å². The molecule has 2 unspecified atom stereocenters. The van der Waals surface area contributed by atoms with E-state index in [2.05, 4.69) is 10.6 Å². The Kier molecular flexibility index (Phi) is 5.95. The van der Waals surface area contributed by atoms with Gasteiger partial charge in [0.1, 0.15) is 0 Å². The lowest BCUT2D eigenvalue weighted by Crippen LogP contribution is -2.31. The van der Waals surface area contributed by atoms with Crippen molar-refractivity contribution in [1.82, 2.24) is 10.6 Å². The maximum atomic E-state index is 12.0. The van der Waals surface area contributed by atoms with Crippen LogP contribution in [0.5, 0.6) is 0 Å². The molecule has 1 aliphatic carbocycles. The van der Waals surface area contributed by atoms with Crippen LogP contribution in [0.2, 0.25) is 0 Å². The van der Waals surface area contributed by atoms with E-state index in [0.29, 0.717) is 25.9 Å². The van der Waals surface area contributed by atoms with Gasteiger partial charge >= 0.3 is 0 Å². The summed E-state index contributed by atoms with van der Waals surface area (Å²) in [5, 5.41) is 10.7.